The van der Waals surface area contributed by atoms with E-state index in [9.17, 15) is 9.90 Å². The summed E-state index contributed by atoms with van der Waals surface area (Å²) < 4.78 is 10.5. The van der Waals surface area contributed by atoms with Gasteiger partial charge < -0.3 is 14.6 Å². The molecule has 1 saturated heterocycles. The van der Waals surface area contributed by atoms with Crippen LogP contribution < -0.4 is 9.47 Å². The summed E-state index contributed by atoms with van der Waals surface area (Å²) in [4.78, 5) is 15.0. The van der Waals surface area contributed by atoms with Crippen LogP contribution in [0.1, 0.15) is 34.3 Å². The summed E-state index contributed by atoms with van der Waals surface area (Å²) in [6, 6.07) is 10.6. The van der Waals surface area contributed by atoms with Gasteiger partial charge in [0.2, 0.25) is 0 Å². The maximum Gasteiger partial charge on any atom is 0.185 e. The second kappa shape index (κ2) is 8.73. The lowest BCUT2D eigenvalue weighted by Crippen LogP contribution is -2.19. The molecule has 0 bridgehead atoms. The Hall–Kier alpha value is -2.79. The van der Waals surface area contributed by atoms with Crippen molar-refractivity contribution < 1.29 is 19.4 Å². The summed E-state index contributed by atoms with van der Waals surface area (Å²) in [5, 5.41) is 9.84. The predicted molar refractivity (Wildman–Crippen MR) is 106 cm³/mol. The highest BCUT2D eigenvalue weighted by molar-refractivity contribution is 6.07. The van der Waals surface area contributed by atoms with Crippen molar-refractivity contribution in [2.24, 2.45) is 0 Å². The second-order valence-electron chi connectivity index (χ2n) is 6.64. The molecule has 2 aromatic rings. The molecule has 0 atom stereocenters. The normalized spacial score (nSPS) is 14.6. The largest absolute Gasteiger partial charge is 0.504 e. The van der Waals surface area contributed by atoms with E-state index in [4.69, 9.17) is 9.47 Å². The van der Waals surface area contributed by atoms with E-state index in [1.807, 2.05) is 12.1 Å². The Morgan fingerprint density at radius 2 is 1.78 bits per heavy atom. The van der Waals surface area contributed by atoms with Gasteiger partial charge in [0.15, 0.2) is 17.3 Å². The van der Waals surface area contributed by atoms with Crippen LogP contribution in [0.3, 0.4) is 0 Å². The number of likely N-dealkylation sites (tertiary alicyclic amines) is 1. The third kappa shape index (κ3) is 4.68. The number of phenols is 1. The molecule has 142 valence electrons. The molecule has 0 aliphatic carbocycles. The van der Waals surface area contributed by atoms with Crippen molar-refractivity contribution >= 4 is 11.9 Å². The first-order valence-electron chi connectivity index (χ1n) is 9.09. The zero-order valence-electron chi connectivity index (χ0n) is 15.8. The molecule has 5 heteroatoms. The maximum absolute atomic E-state index is 12.6. The van der Waals surface area contributed by atoms with E-state index in [-0.39, 0.29) is 11.5 Å². The van der Waals surface area contributed by atoms with Gasteiger partial charge in [-0.2, -0.15) is 0 Å². The van der Waals surface area contributed by atoms with Crippen LogP contribution in [0.15, 0.2) is 42.5 Å². The Morgan fingerprint density at radius 1 is 1.07 bits per heavy atom. The number of carbonyl (C=O) groups is 1. The Bertz CT molecular complexity index is 838. The van der Waals surface area contributed by atoms with E-state index in [0.717, 1.165) is 36.5 Å². The average molecular weight is 367 g/mol. The van der Waals surface area contributed by atoms with Crippen molar-refractivity contribution in [3.8, 4) is 17.2 Å². The summed E-state index contributed by atoms with van der Waals surface area (Å²) in [5.74, 6) is 1.17. The van der Waals surface area contributed by atoms with E-state index in [2.05, 4.69) is 4.90 Å². The fourth-order valence-electron chi connectivity index (χ4n) is 3.32. The molecule has 1 aliphatic heterocycles. The Morgan fingerprint density at radius 3 is 2.44 bits per heavy atom. The van der Waals surface area contributed by atoms with Crippen LogP contribution >= 0.6 is 0 Å². The summed E-state index contributed by atoms with van der Waals surface area (Å²) in [5.41, 5.74) is 2.38. The van der Waals surface area contributed by atoms with Crippen LogP contribution in [0.4, 0.5) is 0 Å². The van der Waals surface area contributed by atoms with Gasteiger partial charge in [-0.15, -0.1) is 0 Å². The molecule has 1 fully saturated rings. The number of nitrogens with zero attached hydrogens (tertiary/aromatic N) is 1. The molecule has 3 rings (SSSR count). The molecule has 27 heavy (non-hydrogen) atoms. The highest BCUT2D eigenvalue weighted by Crippen LogP contribution is 2.27. The number of allylic oxidation sites excluding steroid dienone is 1. The summed E-state index contributed by atoms with van der Waals surface area (Å²) >= 11 is 0. The monoisotopic (exact) mass is 367 g/mol. The lowest BCUT2D eigenvalue weighted by Gasteiger charge is -2.17. The van der Waals surface area contributed by atoms with Gasteiger partial charge in [-0.1, -0.05) is 12.1 Å². The number of hydrogen-bond donors (Lipinski definition) is 1. The average Bonchev–Trinajstić information content (AvgIpc) is 3.19. The smallest absolute Gasteiger partial charge is 0.185 e. The molecule has 1 aliphatic rings. The topological polar surface area (TPSA) is 59.0 Å². The van der Waals surface area contributed by atoms with Crippen LogP contribution in [0.5, 0.6) is 17.2 Å². The molecular weight excluding hydrogens is 342 g/mol. The molecule has 2 aromatic carbocycles. The lowest BCUT2D eigenvalue weighted by molar-refractivity contribution is 0.104. The van der Waals surface area contributed by atoms with Gasteiger partial charge in [-0.05, 0) is 67.9 Å². The third-order valence-electron chi connectivity index (χ3n) is 4.79. The molecule has 0 saturated carbocycles. The van der Waals surface area contributed by atoms with Crippen LogP contribution in [0, 0.1) is 0 Å². The molecule has 0 aromatic heterocycles. The van der Waals surface area contributed by atoms with E-state index in [1.54, 1.807) is 37.5 Å². The number of aromatic hydroxyl groups is 1. The molecule has 5 nitrogen and oxygen atoms in total. The number of rotatable bonds is 7. The molecule has 0 spiro atoms. The SMILES string of the molecule is COc1ccc(/C=C/C(=O)c2ccc(OC)c(CN3CCCC3)c2)cc1O. The second-order valence-corrected chi connectivity index (χ2v) is 6.64. The lowest BCUT2D eigenvalue weighted by atomic mass is 10.0. The van der Waals surface area contributed by atoms with Crippen molar-refractivity contribution in [2.75, 3.05) is 27.3 Å². The number of ether oxygens (including phenoxy) is 2. The zero-order chi connectivity index (χ0) is 19.2. The fourth-order valence-corrected chi connectivity index (χ4v) is 3.32. The van der Waals surface area contributed by atoms with Crippen molar-refractivity contribution in [3.63, 3.8) is 0 Å². The fraction of sp³-hybridized carbons (Fsp3) is 0.318. The minimum absolute atomic E-state index is 0.0458. The van der Waals surface area contributed by atoms with Crippen LogP contribution in [0.2, 0.25) is 0 Å². The Kier molecular flexibility index (Phi) is 6.14. The van der Waals surface area contributed by atoms with Gasteiger partial charge in [0, 0.05) is 17.7 Å². The number of benzene rings is 2. The minimum Gasteiger partial charge on any atom is -0.504 e. The first kappa shape index (κ1) is 19.0. The van der Waals surface area contributed by atoms with E-state index < -0.39 is 0 Å². The van der Waals surface area contributed by atoms with Crippen molar-refractivity contribution in [2.45, 2.75) is 19.4 Å². The van der Waals surface area contributed by atoms with Gasteiger partial charge in [0.25, 0.3) is 0 Å². The van der Waals surface area contributed by atoms with Crippen LogP contribution in [0.25, 0.3) is 6.08 Å². The third-order valence-corrected chi connectivity index (χ3v) is 4.79. The highest BCUT2D eigenvalue weighted by Gasteiger charge is 2.15. The standard InChI is InChI=1S/C22H25NO4/c1-26-21-10-7-17(14-18(21)15-23-11-3-4-12-23)19(24)8-5-16-6-9-22(27-2)20(25)13-16/h5-10,13-14,25H,3-4,11-12,15H2,1-2H3/b8-5+. The minimum atomic E-state index is -0.0874. The summed E-state index contributed by atoms with van der Waals surface area (Å²) in [7, 11) is 3.15. The highest BCUT2D eigenvalue weighted by atomic mass is 16.5. The molecule has 0 unspecified atom stereocenters. The number of ketones is 1. The maximum atomic E-state index is 12.6. The number of carbonyl (C=O) groups excluding carboxylic acids is 1. The van der Waals surface area contributed by atoms with Crippen molar-refractivity contribution in [3.05, 3.63) is 59.2 Å². The first-order chi connectivity index (χ1) is 13.1. The molecule has 0 amide bonds. The van der Waals surface area contributed by atoms with E-state index >= 15 is 0 Å². The van der Waals surface area contributed by atoms with Crippen molar-refractivity contribution in [1.82, 2.24) is 4.90 Å². The summed E-state index contributed by atoms with van der Waals surface area (Å²) in [6.07, 6.45) is 5.64. The Balaban J connectivity index is 1.76. The van der Waals surface area contributed by atoms with Crippen molar-refractivity contribution in [1.29, 1.82) is 0 Å². The molecule has 1 N–H and O–H groups in total. The number of methoxy groups -OCH3 is 2. The van der Waals surface area contributed by atoms with Crippen LogP contribution in [-0.4, -0.2) is 43.1 Å². The number of hydrogen-bond acceptors (Lipinski definition) is 5. The predicted octanol–water partition coefficient (Wildman–Crippen LogP) is 3.90. The van der Waals surface area contributed by atoms with Gasteiger partial charge >= 0.3 is 0 Å². The van der Waals surface area contributed by atoms with Gasteiger partial charge in [0.05, 0.1) is 14.2 Å². The van der Waals surface area contributed by atoms with Gasteiger partial charge in [-0.25, -0.2) is 0 Å². The van der Waals surface area contributed by atoms with E-state index in [0.29, 0.717) is 11.3 Å². The molecular formula is C22H25NO4. The first-order valence-corrected chi connectivity index (χ1v) is 9.09. The van der Waals surface area contributed by atoms with Gasteiger partial charge in [-0.3, -0.25) is 9.69 Å². The van der Waals surface area contributed by atoms with Gasteiger partial charge in [0.1, 0.15) is 5.75 Å². The summed E-state index contributed by atoms with van der Waals surface area (Å²) in [6.45, 7) is 2.96. The molecule has 0 radical (unpaired) electrons. The zero-order valence-corrected chi connectivity index (χ0v) is 15.8. The Labute approximate surface area is 159 Å². The number of phenolic OH excluding ortho intramolecular Hbond substituents is 1. The van der Waals surface area contributed by atoms with E-state index in [1.165, 1.54) is 26.0 Å². The quantitative estimate of drug-likeness (QED) is 0.594. The molecule has 1 heterocycles. The van der Waals surface area contributed by atoms with Crippen LogP contribution in [-0.2, 0) is 6.54 Å².